The monoisotopic (exact) mass is 400 g/mol. The van der Waals surface area contributed by atoms with Gasteiger partial charge in [0, 0.05) is 19.2 Å². The van der Waals surface area contributed by atoms with Gasteiger partial charge in [-0.15, -0.1) is 0 Å². The molecule has 0 heterocycles. The molecule has 7 heteroatoms. The smallest absolute Gasteiger partial charge is 0.243 e. The summed E-state index contributed by atoms with van der Waals surface area (Å²) >= 11 is 0. The largest absolute Gasteiger partial charge is 0.369 e. The van der Waals surface area contributed by atoms with Crippen LogP contribution in [0, 0.1) is 5.41 Å². The van der Waals surface area contributed by atoms with Crippen LogP contribution in [0.25, 0.3) is 0 Å². The van der Waals surface area contributed by atoms with E-state index in [4.69, 9.17) is 5.73 Å². The van der Waals surface area contributed by atoms with E-state index in [1.54, 1.807) is 6.08 Å². The zero-order chi connectivity index (χ0) is 21.3. The summed E-state index contributed by atoms with van der Waals surface area (Å²) < 4.78 is 0. The van der Waals surface area contributed by atoms with Gasteiger partial charge in [0.1, 0.15) is 5.41 Å². The molecule has 1 aliphatic carbocycles. The number of amides is 3. The van der Waals surface area contributed by atoms with E-state index in [-0.39, 0.29) is 11.8 Å². The summed E-state index contributed by atoms with van der Waals surface area (Å²) in [7, 11) is 3.87. The van der Waals surface area contributed by atoms with Gasteiger partial charge in [-0.1, -0.05) is 49.2 Å². The number of hydrogen-bond donors (Lipinski definition) is 3. The van der Waals surface area contributed by atoms with Gasteiger partial charge < -0.3 is 21.3 Å². The Hall–Kier alpha value is -2.67. The first kappa shape index (κ1) is 22.6. The molecule has 0 aromatic heterocycles. The molecule has 1 aromatic rings. The second-order valence-corrected chi connectivity index (χ2v) is 7.88. The molecule has 0 radical (unpaired) electrons. The van der Waals surface area contributed by atoms with Crippen molar-refractivity contribution in [1.82, 2.24) is 15.5 Å². The molecule has 1 aromatic carbocycles. The van der Waals surface area contributed by atoms with Crippen molar-refractivity contribution in [2.75, 3.05) is 27.2 Å². The molecule has 1 fully saturated rings. The van der Waals surface area contributed by atoms with Gasteiger partial charge in [-0.05, 0) is 38.9 Å². The molecular formula is C22H32N4O3. The number of benzene rings is 1. The minimum Gasteiger partial charge on any atom is -0.369 e. The Labute approximate surface area is 172 Å². The van der Waals surface area contributed by atoms with Crippen LogP contribution in [0.1, 0.15) is 31.2 Å². The van der Waals surface area contributed by atoms with Crippen LogP contribution in [0.15, 0.2) is 42.5 Å². The molecule has 0 saturated heterocycles. The van der Waals surface area contributed by atoms with E-state index in [1.165, 1.54) is 6.08 Å². The van der Waals surface area contributed by atoms with Crippen LogP contribution < -0.4 is 16.4 Å². The van der Waals surface area contributed by atoms with Crippen molar-refractivity contribution in [3.63, 3.8) is 0 Å². The van der Waals surface area contributed by atoms with E-state index in [2.05, 4.69) is 10.6 Å². The highest BCUT2D eigenvalue weighted by Gasteiger charge is 2.46. The second-order valence-electron chi connectivity index (χ2n) is 7.88. The van der Waals surface area contributed by atoms with Gasteiger partial charge in [-0.3, -0.25) is 14.4 Å². The molecule has 1 atom stereocenters. The third kappa shape index (κ3) is 6.71. The van der Waals surface area contributed by atoms with Gasteiger partial charge in [0.25, 0.3) is 0 Å². The number of carbonyl (C=O) groups excluding carboxylic acids is 3. The number of nitrogens with zero attached hydrogens (tertiary/aromatic N) is 1. The fourth-order valence-corrected chi connectivity index (χ4v) is 3.57. The molecule has 3 amide bonds. The zero-order valence-corrected chi connectivity index (χ0v) is 17.3. The van der Waals surface area contributed by atoms with E-state index in [9.17, 15) is 14.4 Å². The highest BCUT2D eigenvalue weighted by atomic mass is 16.2. The van der Waals surface area contributed by atoms with Crippen molar-refractivity contribution in [3.05, 3.63) is 48.0 Å². The molecule has 1 saturated carbocycles. The fraction of sp³-hybridized carbons (Fsp3) is 0.500. The Morgan fingerprint density at radius 3 is 2.41 bits per heavy atom. The van der Waals surface area contributed by atoms with Crippen molar-refractivity contribution < 1.29 is 14.4 Å². The maximum Gasteiger partial charge on any atom is 0.243 e. The fourth-order valence-electron chi connectivity index (χ4n) is 3.57. The summed E-state index contributed by atoms with van der Waals surface area (Å²) in [5.41, 5.74) is 5.46. The zero-order valence-electron chi connectivity index (χ0n) is 17.3. The number of nitrogens with two attached hydrogens (primary N) is 1. The quantitative estimate of drug-likeness (QED) is 0.402. The van der Waals surface area contributed by atoms with Gasteiger partial charge in [-0.25, -0.2) is 0 Å². The SMILES string of the molecule is CN(C)CCNC(=O)C=CC(Cc1ccccc1)NC(=O)C1(C(N)=O)CCCC1. The predicted molar refractivity (Wildman–Crippen MR) is 113 cm³/mol. The Morgan fingerprint density at radius 1 is 1.17 bits per heavy atom. The summed E-state index contributed by atoms with van der Waals surface area (Å²) in [5, 5.41) is 5.76. The maximum atomic E-state index is 12.9. The van der Waals surface area contributed by atoms with Crippen molar-refractivity contribution in [2.45, 2.75) is 38.1 Å². The number of carbonyl (C=O) groups is 3. The Morgan fingerprint density at radius 2 is 1.83 bits per heavy atom. The average molecular weight is 401 g/mol. The highest BCUT2D eigenvalue weighted by molar-refractivity contribution is 6.04. The molecular weight excluding hydrogens is 368 g/mol. The molecule has 2 rings (SSSR count). The van der Waals surface area contributed by atoms with E-state index >= 15 is 0 Å². The van der Waals surface area contributed by atoms with E-state index in [0.717, 1.165) is 24.9 Å². The molecule has 0 bridgehead atoms. The summed E-state index contributed by atoms with van der Waals surface area (Å²) in [6.07, 6.45) is 6.20. The van der Waals surface area contributed by atoms with Crippen molar-refractivity contribution >= 4 is 17.7 Å². The first-order chi connectivity index (χ1) is 13.8. The van der Waals surface area contributed by atoms with Crippen molar-refractivity contribution in [1.29, 1.82) is 0 Å². The normalized spacial score (nSPS) is 16.7. The highest BCUT2D eigenvalue weighted by Crippen LogP contribution is 2.38. The first-order valence-electron chi connectivity index (χ1n) is 10.1. The summed E-state index contributed by atoms with van der Waals surface area (Å²) in [5.74, 6) is -1.14. The minimum absolute atomic E-state index is 0.218. The Bertz CT molecular complexity index is 725. The van der Waals surface area contributed by atoms with Gasteiger partial charge in [0.15, 0.2) is 0 Å². The van der Waals surface area contributed by atoms with Gasteiger partial charge in [-0.2, -0.15) is 0 Å². The first-order valence-corrected chi connectivity index (χ1v) is 10.1. The third-order valence-corrected chi connectivity index (χ3v) is 5.32. The van der Waals surface area contributed by atoms with Crippen LogP contribution in [0.4, 0.5) is 0 Å². The molecule has 4 N–H and O–H groups in total. The summed E-state index contributed by atoms with van der Waals surface area (Å²) in [6, 6.07) is 9.28. The van der Waals surface area contributed by atoms with Crippen molar-refractivity contribution in [3.8, 4) is 0 Å². The van der Waals surface area contributed by atoms with Crippen LogP contribution in [0.3, 0.4) is 0 Å². The molecule has 158 valence electrons. The summed E-state index contributed by atoms with van der Waals surface area (Å²) in [6.45, 7) is 1.28. The van der Waals surface area contributed by atoms with Gasteiger partial charge in [0.05, 0.1) is 6.04 Å². The lowest BCUT2D eigenvalue weighted by Gasteiger charge is -2.26. The molecule has 7 nitrogen and oxygen atoms in total. The maximum absolute atomic E-state index is 12.9. The lowest BCUT2D eigenvalue weighted by molar-refractivity contribution is -0.141. The lowest BCUT2D eigenvalue weighted by atomic mass is 9.84. The molecule has 1 unspecified atom stereocenters. The molecule has 0 aliphatic heterocycles. The standard InChI is InChI=1S/C22H32N4O3/c1-26(2)15-14-24-19(27)11-10-18(16-17-8-4-3-5-9-17)25-21(29)22(20(23)28)12-6-7-13-22/h3-5,8-11,18H,6-7,12-16H2,1-2H3,(H2,23,28)(H,24,27)(H,25,29). The van der Waals surface area contributed by atoms with Gasteiger partial charge >= 0.3 is 0 Å². The van der Waals surface area contributed by atoms with Crippen molar-refractivity contribution in [2.24, 2.45) is 11.1 Å². The summed E-state index contributed by atoms with van der Waals surface area (Å²) in [4.78, 5) is 39.0. The predicted octanol–water partition coefficient (Wildman–Crippen LogP) is 0.994. The second kappa shape index (κ2) is 10.8. The Kier molecular flexibility index (Phi) is 8.39. The van der Waals surface area contributed by atoms with E-state index in [1.807, 2.05) is 49.3 Å². The lowest BCUT2D eigenvalue weighted by Crippen LogP contribution is -2.51. The number of nitrogens with one attached hydrogen (secondary N) is 2. The number of hydrogen-bond acceptors (Lipinski definition) is 4. The number of rotatable bonds is 10. The molecule has 29 heavy (non-hydrogen) atoms. The molecule has 1 aliphatic rings. The Balaban J connectivity index is 2.08. The third-order valence-electron chi connectivity index (χ3n) is 5.32. The van der Waals surface area contributed by atoms with Crippen LogP contribution in [-0.4, -0.2) is 55.8 Å². The van der Waals surface area contributed by atoms with Crippen LogP contribution >= 0.6 is 0 Å². The molecule has 0 spiro atoms. The average Bonchev–Trinajstić information content (AvgIpc) is 3.18. The van der Waals surface area contributed by atoms with Crippen LogP contribution in [0.2, 0.25) is 0 Å². The van der Waals surface area contributed by atoms with Crippen LogP contribution in [-0.2, 0) is 20.8 Å². The van der Waals surface area contributed by atoms with E-state index in [0.29, 0.717) is 25.8 Å². The topological polar surface area (TPSA) is 105 Å². The van der Waals surface area contributed by atoms with Gasteiger partial charge in [0.2, 0.25) is 17.7 Å². The number of likely N-dealkylation sites (N-methyl/N-ethyl adjacent to an activating group) is 1. The van der Waals surface area contributed by atoms with Crippen LogP contribution in [0.5, 0.6) is 0 Å². The van der Waals surface area contributed by atoms with E-state index < -0.39 is 17.4 Å². The number of primary amides is 1. The minimum atomic E-state index is -1.14.